The van der Waals surface area contributed by atoms with Crippen molar-refractivity contribution in [3.8, 4) is 0 Å². The van der Waals surface area contributed by atoms with Crippen molar-refractivity contribution in [1.29, 1.82) is 0 Å². The third kappa shape index (κ3) is 5.41. The maximum Gasteiger partial charge on any atom is 0.235 e. The summed E-state index contributed by atoms with van der Waals surface area (Å²) in [6.07, 6.45) is 0. The molecular formula is C9H18N6O6. The quantitative estimate of drug-likeness (QED) is 0.261. The number of rotatable bonds is 8. The van der Waals surface area contributed by atoms with Gasteiger partial charge in [0, 0.05) is 0 Å². The van der Waals surface area contributed by atoms with Crippen LogP contribution in [0.25, 0.3) is 0 Å². The summed E-state index contributed by atoms with van der Waals surface area (Å²) in [7, 11) is 0. The molecule has 0 amide bonds. The first-order chi connectivity index (χ1) is 10.2. The lowest BCUT2D eigenvalue weighted by atomic mass is 10.7. The summed E-state index contributed by atoms with van der Waals surface area (Å²) >= 11 is 0. The van der Waals surface area contributed by atoms with E-state index >= 15 is 0 Å². The zero-order valence-corrected chi connectivity index (χ0v) is 11.1. The van der Waals surface area contributed by atoms with E-state index in [2.05, 4.69) is 20.3 Å². The van der Waals surface area contributed by atoms with E-state index in [1.807, 2.05) is 6.79 Å². The van der Waals surface area contributed by atoms with Crippen molar-refractivity contribution in [2.45, 2.75) is 0 Å². The maximum atomic E-state index is 9.03. The first-order valence-electron chi connectivity index (χ1n) is 5.53. The zero-order chi connectivity index (χ0) is 16.3. The van der Waals surface area contributed by atoms with Crippen LogP contribution in [0.2, 0.25) is 0 Å². The predicted molar refractivity (Wildman–Crippen MR) is 71.0 cm³/mol. The number of aliphatic hydroxyl groups is 5. The molecule has 0 aliphatic heterocycles. The Morgan fingerprint density at radius 2 is 1.19 bits per heavy atom. The number of anilines is 3. The Labute approximate surface area is 119 Å². The van der Waals surface area contributed by atoms with Gasteiger partial charge in [0.1, 0.15) is 40.4 Å². The smallest absolute Gasteiger partial charge is 0.235 e. The third-order valence-electron chi connectivity index (χ3n) is 2.10. The van der Waals surface area contributed by atoms with Crippen molar-refractivity contribution in [3.05, 3.63) is 0 Å². The second-order valence-electron chi connectivity index (χ2n) is 3.24. The van der Waals surface area contributed by atoms with E-state index in [4.69, 9.17) is 30.3 Å². The minimum atomic E-state index is -0.545. The molecule has 0 spiro atoms. The number of nitrogens with one attached hydrogen (secondary N) is 1. The highest BCUT2D eigenvalue weighted by atomic mass is 16.3. The van der Waals surface area contributed by atoms with Gasteiger partial charge in [0.15, 0.2) is 0 Å². The number of aromatic nitrogens is 3. The van der Waals surface area contributed by atoms with Crippen molar-refractivity contribution >= 4 is 24.6 Å². The average Bonchev–Trinajstić information content (AvgIpc) is 2.52. The SMILES string of the molecule is C=O.OCNc1nc(N(CO)CO)nc(N(CO)CO)n1. The summed E-state index contributed by atoms with van der Waals surface area (Å²) in [5.74, 6) is -0.211. The normalized spacial score (nSPS) is 9.57. The number of nitrogens with zero attached hydrogens (tertiary/aromatic N) is 5. The van der Waals surface area contributed by atoms with Gasteiger partial charge in [-0.05, 0) is 0 Å². The molecule has 1 heterocycles. The van der Waals surface area contributed by atoms with Crippen molar-refractivity contribution < 1.29 is 30.3 Å². The van der Waals surface area contributed by atoms with Crippen molar-refractivity contribution in [2.75, 3.05) is 48.8 Å². The first-order valence-corrected chi connectivity index (χ1v) is 5.53. The Morgan fingerprint density at radius 1 is 0.810 bits per heavy atom. The van der Waals surface area contributed by atoms with Crippen LogP contribution in [-0.4, -0.2) is 80.9 Å². The number of hydrogen-bond donors (Lipinski definition) is 6. The molecule has 0 radical (unpaired) electrons. The molecule has 21 heavy (non-hydrogen) atoms. The molecular weight excluding hydrogens is 288 g/mol. The molecule has 0 fully saturated rings. The van der Waals surface area contributed by atoms with Gasteiger partial charge < -0.3 is 35.6 Å². The highest BCUT2D eigenvalue weighted by molar-refractivity contribution is 5.44. The predicted octanol–water partition coefficient (Wildman–Crippen LogP) is -3.54. The van der Waals surface area contributed by atoms with Gasteiger partial charge in [-0.25, -0.2) is 0 Å². The van der Waals surface area contributed by atoms with Crippen LogP contribution in [0.3, 0.4) is 0 Å². The molecule has 1 aromatic heterocycles. The van der Waals surface area contributed by atoms with Gasteiger partial charge in [0.2, 0.25) is 17.8 Å². The Bertz CT molecular complexity index is 372. The Hall–Kier alpha value is -2.12. The minimum absolute atomic E-state index is 0.0405. The zero-order valence-electron chi connectivity index (χ0n) is 11.1. The molecule has 0 saturated carbocycles. The first kappa shape index (κ1) is 18.9. The maximum absolute atomic E-state index is 9.03. The van der Waals surface area contributed by atoms with E-state index in [1.165, 1.54) is 0 Å². The molecule has 0 bridgehead atoms. The topological polar surface area (TPSA) is 175 Å². The van der Waals surface area contributed by atoms with Gasteiger partial charge in [-0.1, -0.05) is 0 Å². The van der Waals surface area contributed by atoms with E-state index in [0.29, 0.717) is 0 Å². The van der Waals surface area contributed by atoms with E-state index in [-0.39, 0.29) is 17.8 Å². The molecule has 0 aliphatic carbocycles. The van der Waals surface area contributed by atoms with Crippen LogP contribution in [0, 0.1) is 0 Å². The fourth-order valence-electron chi connectivity index (χ4n) is 1.13. The fourth-order valence-corrected chi connectivity index (χ4v) is 1.13. The van der Waals surface area contributed by atoms with Gasteiger partial charge in [-0.2, -0.15) is 15.0 Å². The van der Waals surface area contributed by atoms with Gasteiger partial charge in [-0.3, -0.25) is 9.80 Å². The molecule has 1 aromatic rings. The largest absolute Gasteiger partial charge is 0.376 e. The summed E-state index contributed by atoms with van der Waals surface area (Å²) in [6.45, 7) is -0.625. The second kappa shape index (κ2) is 10.6. The molecule has 0 atom stereocenters. The molecule has 0 aromatic carbocycles. The molecule has 0 saturated heterocycles. The average molecular weight is 306 g/mol. The van der Waals surface area contributed by atoms with Crippen molar-refractivity contribution in [2.24, 2.45) is 0 Å². The molecule has 0 aliphatic rings. The van der Waals surface area contributed by atoms with Crippen LogP contribution >= 0.6 is 0 Å². The summed E-state index contributed by atoms with van der Waals surface area (Å²) in [6, 6.07) is 0. The van der Waals surface area contributed by atoms with E-state index in [9.17, 15) is 0 Å². The molecule has 12 heteroatoms. The van der Waals surface area contributed by atoms with Crippen LogP contribution in [0.15, 0.2) is 0 Å². The Morgan fingerprint density at radius 3 is 1.48 bits per heavy atom. The van der Waals surface area contributed by atoms with Gasteiger partial charge >= 0.3 is 0 Å². The van der Waals surface area contributed by atoms with Crippen molar-refractivity contribution in [3.63, 3.8) is 0 Å². The highest BCUT2D eigenvalue weighted by Gasteiger charge is 2.15. The number of carbonyl (C=O) groups is 1. The summed E-state index contributed by atoms with van der Waals surface area (Å²) < 4.78 is 0. The minimum Gasteiger partial charge on any atom is -0.376 e. The van der Waals surface area contributed by atoms with Gasteiger partial charge in [0.25, 0.3) is 0 Å². The molecule has 12 nitrogen and oxygen atoms in total. The highest BCUT2D eigenvalue weighted by Crippen LogP contribution is 2.15. The summed E-state index contributed by atoms with van der Waals surface area (Å²) in [4.78, 5) is 21.5. The molecule has 0 unspecified atom stereocenters. The molecule has 120 valence electrons. The number of aliphatic hydroxyl groups excluding tert-OH is 5. The van der Waals surface area contributed by atoms with Crippen LogP contribution in [0.1, 0.15) is 0 Å². The van der Waals surface area contributed by atoms with Crippen LogP contribution < -0.4 is 15.1 Å². The number of carbonyl (C=O) groups excluding carboxylic acids is 1. The Balaban J connectivity index is 0.00000191. The lowest BCUT2D eigenvalue weighted by molar-refractivity contribution is -0.0980. The van der Waals surface area contributed by atoms with Crippen LogP contribution in [-0.2, 0) is 4.79 Å². The van der Waals surface area contributed by atoms with Crippen LogP contribution in [0.4, 0.5) is 17.8 Å². The van der Waals surface area contributed by atoms with E-state index in [1.54, 1.807) is 0 Å². The van der Waals surface area contributed by atoms with E-state index < -0.39 is 33.7 Å². The van der Waals surface area contributed by atoms with Crippen LogP contribution in [0.5, 0.6) is 0 Å². The molecule has 1 rings (SSSR count). The van der Waals surface area contributed by atoms with E-state index in [0.717, 1.165) is 9.80 Å². The summed E-state index contributed by atoms with van der Waals surface area (Å²) in [5.41, 5.74) is 0. The second-order valence-corrected chi connectivity index (χ2v) is 3.24. The lowest BCUT2D eigenvalue weighted by Crippen LogP contribution is -2.31. The molecule has 6 N–H and O–H groups in total. The Kier molecular flexibility index (Phi) is 9.57. The monoisotopic (exact) mass is 306 g/mol. The fraction of sp³-hybridized carbons (Fsp3) is 0.556. The lowest BCUT2D eigenvalue weighted by Gasteiger charge is -2.21. The standard InChI is InChI=1S/C8H16N6O5.CH2O/c15-1-9-6-10-7(13(2-16)3-17)12-8(11-6)14(4-18)5-19;1-2/h15-19H,1-5H2,(H,9,10,11,12);1H2. The van der Waals surface area contributed by atoms with Crippen molar-refractivity contribution in [1.82, 2.24) is 15.0 Å². The third-order valence-corrected chi connectivity index (χ3v) is 2.10. The van der Waals surface area contributed by atoms with Gasteiger partial charge in [-0.15, -0.1) is 0 Å². The van der Waals surface area contributed by atoms with Gasteiger partial charge in [0.05, 0.1) is 0 Å². The summed E-state index contributed by atoms with van der Waals surface area (Å²) in [5, 5.41) is 47.3. The number of hydrogen-bond acceptors (Lipinski definition) is 12.